The minimum Gasteiger partial charge on any atom is -0.468 e. The summed E-state index contributed by atoms with van der Waals surface area (Å²) in [4.78, 5) is 10.8. The molecule has 0 aliphatic heterocycles. The lowest BCUT2D eigenvalue weighted by atomic mass is 10.1. The number of rotatable bonds is 4. The van der Waals surface area contributed by atoms with Gasteiger partial charge in [0.15, 0.2) is 0 Å². The van der Waals surface area contributed by atoms with Crippen LogP contribution in [0.25, 0.3) is 0 Å². The van der Waals surface area contributed by atoms with E-state index in [2.05, 4.69) is 4.74 Å². The van der Waals surface area contributed by atoms with Crippen LogP contribution in [0.5, 0.6) is 0 Å². The molecule has 0 amide bonds. The van der Waals surface area contributed by atoms with Crippen LogP contribution in [-0.2, 0) is 15.3 Å². The molecule has 0 unspecified atom stereocenters. The molecule has 3 nitrogen and oxygen atoms in total. The Bertz CT molecular complexity index is 428. The fourth-order valence-electron chi connectivity index (χ4n) is 1.06. The molecule has 0 bridgehead atoms. The molecule has 1 rings (SSSR count). The molecule has 84 valence electrons. The van der Waals surface area contributed by atoms with Crippen LogP contribution in [0, 0.1) is 17.1 Å². The van der Waals surface area contributed by atoms with Gasteiger partial charge in [-0.15, -0.1) is 11.8 Å². The van der Waals surface area contributed by atoms with E-state index in [0.717, 1.165) is 0 Å². The number of ether oxygens (including phenoxy) is 1. The number of carbonyl (C=O) groups is 1. The fraction of sp³-hybridized carbons (Fsp3) is 0.273. The number of nitriles is 1. The van der Waals surface area contributed by atoms with Gasteiger partial charge in [-0.2, -0.15) is 5.26 Å². The summed E-state index contributed by atoms with van der Waals surface area (Å²) < 4.78 is 17.7. The van der Waals surface area contributed by atoms with Crippen LogP contribution in [0.3, 0.4) is 0 Å². The maximum absolute atomic E-state index is 13.3. The van der Waals surface area contributed by atoms with Crippen molar-refractivity contribution in [2.45, 2.75) is 5.75 Å². The average Bonchev–Trinajstić information content (AvgIpc) is 2.31. The van der Waals surface area contributed by atoms with Crippen molar-refractivity contribution in [3.05, 3.63) is 35.1 Å². The monoisotopic (exact) mass is 239 g/mol. The second-order valence-electron chi connectivity index (χ2n) is 2.99. The topological polar surface area (TPSA) is 50.1 Å². The van der Waals surface area contributed by atoms with E-state index < -0.39 is 0 Å². The zero-order valence-corrected chi connectivity index (χ0v) is 9.51. The molecular weight excluding hydrogens is 229 g/mol. The maximum atomic E-state index is 13.3. The van der Waals surface area contributed by atoms with E-state index in [1.807, 2.05) is 6.07 Å². The van der Waals surface area contributed by atoms with Crippen molar-refractivity contribution in [2.75, 3.05) is 12.9 Å². The highest BCUT2D eigenvalue weighted by molar-refractivity contribution is 7.99. The molecular formula is C11H10FNO2S. The standard InChI is InChI=1S/C11H10FNO2S/c1-15-11(14)7-16-6-9-4-8(5-13)2-3-10(9)12/h2-4H,6-7H2,1H3. The zero-order chi connectivity index (χ0) is 12.0. The largest absolute Gasteiger partial charge is 0.468 e. The third kappa shape index (κ3) is 3.55. The van der Waals surface area contributed by atoms with Gasteiger partial charge in [-0.3, -0.25) is 4.79 Å². The van der Waals surface area contributed by atoms with Crippen LogP contribution < -0.4 is 0 Å². The summed E-state index contributed by atoms with van der Waals surface area (Å²) in [5.74, 6) is -0.193. The molecule has 1 aromatic carbocycles. The molecule has 0 saturated heterocycles. The Hall–Kier alpha value is -1.54. The summed E-state index contributed by atoms with van der Waals surface area (Å²) >= 11 is 1.25. The predicted octanol–water partition coefficient (Wildman–Crippen LogP) is 2.10. The second kappa shape index (κ2) is 6.13. The molecule has 0 radical (unpaired) electrons. The van der Waals surface area contributed by atoms with Crippen molar-refractivity contribution in [3.8, 4) is 6.07 Å². The van der Waals surface area contributed by atoms with Crippen molar-refractivity contribution >= 4 is 17.7 Å². The number of benzene rings is 1. The molecule has 0 aliphatic rings. The normalized spacial score (nSPS) is 9.56. The van der Waals surface area contributed by atoms with Crippen LogP contribution in [0.1, 0.15) is 11.1 Å². The van der Waals surface area contributed by atoms with Crippen LogP contribution >= 0.6 is 11.8 Å². The van der Waals surface area contributed by atoms with Gasteiger partial charge in [0, 0.05) is 5.75 Å². The number of hydrogen-bond donors (Lipinski definition) is 0. The molecule has 0 aliphatic carbocycles. The molecule has 0 atom stereocenters. The van der Waals surface area contributed by atoms with Gasteiger partial charge in [0.05, 0.1) is 24.5 Å². The number of carbonyl (C=O) groups excluding carboxylic acids is 1. The van der Waals surface area contributed by atoms with E-state index in [4.69, 9.17) is 5.26 Å². The highest BCUT2D eigenvalue weighted by Crippen LogP contribution is 2.17. The first-order valence-electron chi connectivity index (χ1n) is 4.50. The molecule has 5 heteroatoms. The third-order valence-electron chi connectivity index (χ3n) is 1.88. The molecule has 0 aromatic heterocycles. The number of methoxy groups -OCH3 is 1. The van der Waals surface area contributed by atoms with Gasteiger partial charge in [-0.25, -0.2) is 4.39 Å². The van der Waals surface area contributed by atoms with Gasteiger partial charge in [0.25, 0.3) is 0 Å². The van der Waals surface area contributed by atoms with Crippen molar-refractivity contribution < 1.29 is 13.9 Å². The molecule has 16 heavy (non-hydrogen) atoms. The highest BCUT2D eigenvalue weighted by Gasteiger charge is 2.06. The molecule has 1 aromatic rings. The number of thioether (sulfide) groups is 1. The predicted molar refractivity (Wildman–Crippen MR) is 59.3 cm³/mol. The van der Waals surface area contributed by atoms with Gasteiger partial charge in [-0.1, -0.05) is 0 Å². The van der Waals surface area contributed by atoms with Crippen LogP contribution in [0.2, 0.25) is 0 Å². The molecule has 0 saturated carbocycles. The Morgan fingerprint density at radius 1 is 1.62 bits per heavy atom. The first-order chi connectivity index (χ1) is 7.67. The molecule has 0 N–H and O–H groups in total. The van der Waals surface area contributed by atoms with Gasteiger partial charge in [0.1, 0.15) is 5.82 Å². The lowest BCUT2D eigenvalue weighted by molar-refractivity contribution is -0.137. The lowest BCUT2D eigenvalue weighted by Crippen LogP contribution is -2.03. The summed E-state index contributed by atoms with van der Waals surface area (Å²) in [6.45, 7) is 0. The number of esters is 1. The summed E-state index contributed by atoms with van der Waals surface area (Å²) in [7, 11) is 1.31. The number of halogens is 1. The smallest absolute Gasteiger partial charge is 0.315 e. The molecule has 0 heterocycles. The summed E-state index contributed by atoms with van der Waals surface area (Å²) in [5.41, 5.74) is 0.836. The molecule has 0 spiro atoms. The van der Waals surface area contributed by atoms with Crippen LogP contribution in [0.15, 0.2) is 18.2 Å². The average molecular weight is 239 g/mol. The van der Waals surface area contributed by atoms with Crippen molar-refractivity contribution in [1.29, 1.82) is 5.26 Å². The lowest BCUT2D eigenvalue weighted by Gasteiger charge is -2.03. The number of hydrogen-bond acceptors (Lipinski definition) is 4. The Morgan fingerprint density at radius 2 is 2.38 bits per heavy atom. The van der Waals surface area contributed by atoms with Gasteiger partial charge >= 0.3 is 5.97 Å². The van der Waals surface area contributed by atoms with Gasteiger partial charge in [-0.05, 0) is 23.8 Å². The minimum absolute atomic E-state index is 0.173. The van der Waals surface area contributed by atoms with Crippen molar-refractivity contribution in [3.63, 3.8) is 0 Å². The van der Waals surface area contributed by atoms with Crippen molar-refractivity contribution in [1.82, 2.24) is 0 Å². The Labute approximate surface area is 97.2 Å². The summed E-state index contributed by atoms with van der Waals surface area (Å²) in [5, 5.41) is 8.65. The van der Waals surface area contributed by atoms with E-state index >= 15 is 0 Å². The maximum Gasteiger partial charge on any atom is 0.315 e. The molecule has 0 fully saturated rings. The Balaban J connectivity index is 2.60. The number of nitrogens with zero attached hydrogens (tertiary/aromatic N) is 1. The van der Waals surface area contributed by atoms with E-state index in [1.54, 1.807) is 0 Å². The first kappa shape index (κ1) is 12.5. The Kier molecular flexibility index (Phi) is 4.80. The van der Waals surface area contributed by atoms with Crippen molar-refractivity contribution in [2.24, 2.45) is 0 Å². The first-order valence-corrected chi connectivity index (χ1v) is 5.66. The minimum atomic E-state index is -0.364. The van der Waals surface area contributed by atoms with E-state index in [1.165, 1.54) is 37.1 Å². The van der Waals surface area contributed by atoms with E-state index in [9.17, 15) is 9.18 Å². The zero-order valence-electron chi connectivity index (χ0n) is 8.70. The van der Waals surface area contributed by atoms with Crippen LogP contribution in [-0.4, -0.2) is 18.8 Å². The summed E-state index contributed by atoms with van der Waals surface area (Å²) in [6.07, 6.45) is 0. The summed E-state index contributed by atoms with van der Waals surface area (Å²) in [6, 6.07) is 6.10. The second-order valence-corrected chi connectivity index (χ2v) is 3.97. The third-order valence-corrected chi connectivity index (χ3v) is 2.83. The Morgan fingerprint density at radius 3 is 3.00 bits per heavy atom. The highest BCUT2D eigenvalue weighted by atomic mass is 32.2. The fourth-order valence-corrected chi connectivity index (χ4v) is 1.89. The SMILES string of the molecule is COC(=O)CSCc1cc(C#N)ccc1F. The van der Waals surface area contributed by atoms with Gasteiger partial charge in [0.2, 0.25) is 0 Å². The quantitative estimate of drug-likeness (QED) is 0.755. The van der Waals surface area contributed by atoms with E-state index in [0.29, 0.717) is 16.9 Å². The van der Waals surface area contributed by atoms with Crippen LogP contribution in [0.4, 0.5) is 4.39 Å². The van der Waals surface area contributed by atoms with Gasteiger partial charge < -0.3 is 4.74 Å². The van der Waals surface area contributed by atoms with E-state index in [-0.39, 0.29) is 17.5 Å².